The molecule has 0 amide bonds. The minimum absolute atomic E-state index is 0.0603. The van der Waals surface area contributed by atoms with Gasteiger partial charge in [-0.2, -0.15) is 10.5 Å². The van der Waals surface area contributed by atoms with E-state index in [1.807, 2.05) is 24.3 Å². The molecule has 2 aliphatic rings. The molecule has 0 radical (unpaired) electrons. The van der Waals surface area contributed by atoms with Crippen LogP contribution in [0.5, 0.6) is 0 Å². The first-order valence-electron chi connectivity index (χ1n) is 18.9. The topological polar surface area (TPSA) is 54.1 Å². The standard InChI is InChI=1S/C52H34N4/c53-33-35-27-39(31-41(29-35)55-47-23-11-7-19-43(47)51(37-15-3-1-4-16-37)44-20-8-12-24-48(44)55)40-28-36(34-54)30-42(32-40)56-49-25-13-9-21-45(49)52(38-17-5-2-6-18-38)46-22-10-14-26-50(46)56/h1-32,51-52H. The SMILES string of the molecule is N#Cc1cc(-c2cc(C#N)cc(N3c4ccccc4C(c4ccccc4)c4ccccc43)c2)cc(N2c3ccccc3C(c3ccccc3)c3ccccc32)c1. The van der Waals surface area contributed by atoms with Crippen LogP contribution in [0.3, 0.4) is 0 Å². The van der Waals surface area contributed by atoms with Gasteiger partial charge in [-0.1, -0.05) is 133 Å². The first-order chi connectivity index (χ1) is 27.7. The molecule has 262 valence electrons. The summed E-state index contributed by atoms with van der Waals surface area (Å²) in [5, 5.41) is 21.0. The molecule has 0 atom stereocenters. The highest BCUT2D eigenvalue weighted by Gasteiger charge is 2.34. The van der Waals surface area contributed by atoms with Crippen molar-refractivity contribution in [3.8, 4) is 23.3 Å². The van der Waals surface area contributed by atoms with Gasteiger partial charge in [0, 0.05) is 23.2 Å². The van der Waals surface area contributed by atoms with Crippen molar-refractivity contribution in [1.82, 2.24) is 0 Å². The number of para-hydroxylation sites is 4. The summed E-state index contributed by atoms with van der Waals surface area (Å²) >= 11 is 0. The van der Waals surface area contributed by atoms with Gasteiger partial charge in [0.05, 0.1) is 46.0 Å². The van der Waals surface area contributed by atoms with Crippen LogP contribution in [0, 0.1) is 22.7 Å². The van der Waals surface area contributed by atoms with E-state index >= 15 is 0 Å². The number of anilines is 6. The molecular weight excluding hydrogens is 681 g/mol. The Labute approximate surface area is 327 Å². The molecule has 0 N–H and O–H groups in total. The van der Waals surface area contributed by atoms with Crippen molar-refractivity contribution in [3.63, 3.8) is 0 Å². The molecule has 4 heteroatoms. The molecule has 8 aromatic carbocycles. The summed E-state index contributed by atoms with van der Waals surface area (Å²) in [7, 11) is 0. The summed E-state index contributed by atoms with van der Waals surface area (Å²) < 4.78 is 0. The molecule has 0 spiro atoms. The smallest absolute Gasteiger partial charge is 0.0992 e. The van der Waals surface area contributed by atoms with Crippen LogP contribution in [-0.4, -0.2) is 0 Å². The first kappa shape index (κ1) is 32.9. The normalized spacial score (nSPS) is 13.1. The van der Waals surface area contributed by atoms with Crippen LogP contribution in [0.1, 0.15) is 56.3 Å². The maximum absolute atomic E-state index is 10.5. The molecule has 0 aromatic heterocycles. The van der Waals surface area contributed by atoms with Crippen LogP contribution in [0.2, 0.25) is 0 Å². The van der Waals surface area contributed by atoms with Gasteiger partial charge in [-0.05, 0) is 105 Å². The van der Waals surface area contributed by atoms with Gasteiger partial charge in [0.2, 0.25) is 0 Å². The molecule has 0 bridgehead atoms. The lowest BCUT2D eigenvalue weighted by molar-refractivity contribution is 0.938. The minimum Gasteiger partial charge on any atom is -0.310 e. The predicted octanol–water partition coefficient (Wildman–Crippen LogP) is 13.0. The van der Waals surface area contributed by atoms with E-state index in [9.17, 15) is 10.5 Å². The number of benzene rings is 8. The summed E-state index contributed by atoms with van der Waals surface area (Å²) in [6.07, 6.45) is 0. The molecule has 2 aliphatic heterocycles. The molecule has 0 fully saturated rings. The summed E-state index contributed by atoms with van der Waals surface area (Å²) in [5.41, 5.74) is 16.1. The fourth-order valence-electron chi connectivity index (χ4n) is 8.84. The zero-order chi connectivity index (χ0) is 37.6. The van der Waals surface area contributed by atoms with Gasteiger partial charge < -0.3 is 9.80 Å². The second-order valence-corrected chi connectivity index (χ2v) is 14.4. The van der Waals surface area contributed by atoms with Crippen molar-refractivity contribution >= 4 is 34.1 Å². The molecule has 2 heterocycles. The van der Waals surface area contributed by atoms with Gasteiger partial charge in [0.15, 0.2) is 0 Å². The van der Waals surface area contributed by atoms with Gasteiger partial charge in [-0.3, -0.25) is 0 Å². The quantitative estimate of drug-likeness (QED) is 0.178. The second-order valence-electron chi connectivity index (χ2n) is 14.4. The zero-order valence-corrected chi connectivity index (χ0v) is 30.4. The number of nitrogens with zero attached hydrogens (tertiary/aromatic N) is 4. The summed E-state index contributed by atoms with van der Waals surface area (Å²) in [4.78, 5) is 4.56. The maximum atomic E-state index is 10.5. The molecule has 0 unspecified atom stereocenters. The number of hydrogen-bond donors (Lipinski definition) is 0. The second kappa shape index (κ2) is 13.6. The Bertz CT molecular complexity index is 2570. The number of hydrogen-bond acceptors (Lipinski definition) is 4. The van der Waals surface area contributed by atoms with Crippen molar-refractivity contribution in [2.45, 2.75) is 11.8 Å². The maximum Gasteiger partial charge on any atom is 0.0992 e. The molecule has 0 saturated heterocycles. The first-order valence-corrected chi connectivity index (χ1v) is 18.9. The lowest BCUT2D eigenvalue weighted by Crippen LogP contribution is -2.22. The van der Waals surface area contributed by atoms with E-state index in [1.165, 1.54) is 33.4 Å². The van der Waals surface area contributed by atoms with Crippen LogP contribution in [0.15, 0.2) is 194 Å². The molecule has 56 heavy (non-hydrogen) atoms. The number of nitriles is 2. The highest BCUT2D eigenvalue weighted by molar-refractivity contribution is 5.90. The van der Waals surface area contributed by atoms with E-state index in [2.05, 4.69) is 192 Å². The Morgan fingerprint density at radius 1 is 0.339 bits per heavy atom. The lowest BCUT2D eigenvalue weighted by atomic mass is 9.80. The molecule has 0 aliphatic carbocycles. The minimum atomic E-state index is 0.0603. The monoisotopic (exact) mass is 714 g/mol. The summed E-state index contributed by atoms with van der Waals surface area (Å²) in [6, 6.07) is 72.6. The third-order valence-electron chi connectivity index (χ3n) is 11.2. The third-order valence-corrected chi connectivity index (χ3v) is 11.2. The van der Waals surface area contributed by atoms with Crippen LogP contribution in [-0.2, 0) is 0 Å². The fourth-order valence-corrected chi connectivity index (χ4v) is 8.84. The van der Waals surface area contributed by atoms with Gasteiger partial charge in [0.25, 0.3) is 0 Å². The van der Waals surface area contributed by atoms with Gasteiger partial charge in [-0.25, -0.2) is 0 Å². The molecule has 4 nitrogen and oxygen atoms in total. The van der Waals surface area contributed by atoms with Crippen LogP contribution < -0.4 is 9.80 Å². The molecule has 0 saturated carbocycles. The zero-order valence-electron chi connectivity index (χ0n) is 30.4. The summed E-state index contributed by atoms with van der Waals surface area (Å²) in [5.74, 6) is 0.121. The van der Waals surface area contributed by atoms with Gasteiger partial charge in [0.1, 0.15) is 0 Å². The Morgan fingerprint density at radius 2 is 0.643 bits per heavy atom. The van der Waals surface area contributed by atoms with Crippen molar-refractivity contribution < 1.29 is 0 Å². The molecular formula is C52H34N4. The van der Waals surface area contributed by atoms with E-state index in [4.69, 9.17) is 0 Å². The Balaban J connectivity index is 1.14. The van der Waals surface area contributed by atoms with Crippen molar-refractivity contribution in [2.24, 2.45) is 0 Å². The van der Waals surface area contributed by atoms with E-state index in [1.54, 1.807) is 0 Å². The number of rotatable bonds is 5. The molecule has 10 rings (SSSR count). The lowest BCUT2D eigenvalue weighted by Gasteiger charge is -2.38. The highest BCUT2D eigenvalue weighted by Crippen LogP contribution is 2.53. The van der Waals surface area contributed by atoms with Crippen LogP contribution in [0.25, 0.3) is 11.1 Å². The Hall–Kier alpha value is -7.66. The number of fused-ring (bicyclic) bond motifs is 4. The van der Waals surface area contributed by atoms with E-state index < -0.39 is 0 Å². The van der Waals surface area contributed by atoms with Crippen LogP contribution >= 0.6 is 0 Å². The van der Waals surface area contributed by atoms with Crippen molar-refractivity contribution in [1.29, 1.82) is 10.5 Å². The van der Waals surface area contributed by atoms with Crippen molar-refractivity contribution in [3.05, 3.63) is 239 Å². The fraction of sp³-hybridized carbons (Fsp3) is 0.0385. The summed E-state index contributed by atoms with van der Waals surface area (Å²) in [6.45, 7) is 0. The van der Waals surface area contributed by atoms with Gasteiger partial charge >= 0.3 is 0 Å². The Kier molecular flexibility index (Phi) is 8.02. The van der Waals surface area contributed by atoms with E-state index in [0.29, 0.717) is 11.1 Å². The molecule has 8 aromatic rings. The largest absolute Gasteiger partial charge is 0.310 e. The average Bonchev–Trinajstić information content (AvgIpc) is 3.27. The third kappa shape index (κ3) is 5.44. The van der Waals surface area contributed by atoms with E-state index in [-0.39, 0.29) is 11.8 Å². The van der Waals surface area contributed by atoms with E-state index in [0.717, 1.165) is 45.3 Å². The Morgan fingerprint density at radius 3 is 0.964 bits per heavy atom. The predicted molar refractivity (Wildman–Crippen MR) is 225 cm³/mol. The van der Waals surface area contributed by atoms with Gasteiger partial charge in [-0.15, -0.1) is 0 Å². The average molecular weight is 715 g/mol. The van der Waals surface area contributed by atoms with Crippen molar-refractivity contribution in [2.75, 3.05) is 9.80 Å². The van der Waals surface area contributed by atoms with Crippen LogP contribution in [0.4, 0.5) is 34.1 Å². The highest BCUT2D eigenvalue weighted by atomic mass is 15.2.